The van der Waals surface area contributed by atoms with Gasteiger partial charge in [-0.2, -0.15) is 26.6 Å². The maximum atomic E-state index is 12.6. The van der Waals surface area contributed by atoms with E-state index >= 15 is 0 Å². The first-order valence-corrected chi connectivity index (χ1v) is 16.5. The maximum Gasteiger partial charge on any atom is 0.534 e. The van der Waals surface area contributed by atoms with Crippen LogP contribution in [-0.2, 0) is 35.8 Å². The van der Waals surface area contributed by atoms with Crippen molar-refractivity contribution in [3.05, 3.63) is 69.2 Å². The van der Waals surface area contributed by atoms with Crippen LogP contribution in [0.15, 0.2) is 36.7 Å². The SMILES string of the molecule is CCN.CCNc1nc(-c2cc(Cl)ccn2)nc2c1CCC2.O=S(=O)(Oc1nc(-c2cc(Cl)ccn2)nc2c1CCC2)C(F)(F)F. The second-order valence-corrected chi connectivity index (χ2v) is 12.4. The van der Waals surface area contributed by atoms with Crippen LogP contribution in [0.1, 0.15) is 49.2 Å². The second kappa shape index (κ2) is 15.3. The number of aryl methyl sites for hydroxylation is 2. The summed E-state index contributed by atoms with van der Waals surface area (Å²) in [5, 5.41) is 4.30. The van der Waals surface area contributed by atoms with E-state index in [1.165, 1.54) is 23.9 Å². The molecule has 0 atom stereocenters. The van der Waals surface area contributed by atoms with E-state index in [-0.39, 0.29) is 17.1 Å². The van der Waals surface area contributed by atoms with E-state index in [1.807, 2.05) is 6.92 Å². The van der Waals surface area contributed by atoms with Gasteiger partial charge in [-0.25, -0.2) is 15.0 Å². The normalized spacial score (nSPS) is 13.5. The molecule has 4 heterocycles. The Bertz CT molecular complexity index is 1800. The van der Waals surface area contributed by atoms with Crippen molar-refractivity contribution in [2.45, 2.75) is 57.9 Å². The summed E-state index contributed by atoms with van der Waals surface area (Å²) in [6.07, 6.45) is 7.70. The summed E-state index contributed by atoms with van der Waals surface area (Å²) in [6.45, 7) is 5.58. The van der Waals surface area contributed by atoms with E-state index < -0.39 is 21.5 Å². The smallest absolute Gasteiger partial charge is 0.370 e. The van der Waals surface area contributed by atoms with Gasteiger partial charge in [0.05, 0.1) is 5.69 Å². The van der Waals surface area contributed by atoms with Crippen molar-refractivity contribution in [3.63, 3.8) is 0 Å². The Labute approximate surface area is 274 Å². The number of pyridine rings is 2. The minimum Gasteiger partial charge on any atom is -0.370 e. The molecular weight excluding hydrogens is 668 g/mol. The van der Waals surface area contributed by atoms with Crippen LogP contribution in [0.5, 0.6) is 5.88 Å². The number of nitrogens with two attached hydrogens (primary N) is 1. The third-order valence-corrected chi connectivity index (χ3v) is 7.96. The molecule has 2 aliphatic rings. The summed E-state index contributed by atoms with van der Waals surface area (Å²) in [4.78, 5) is 25.6. The van der Waals surface area contributed by atoms with Crippen molar-refractivity contribution in [3.8, 4) is 28.9 Å². The lowest BCUT2D eigenvalue weighted by molar-refractivity contribution is -0.0501. The van der Waals surface area contributed by atoms with Crippen LogP contribution in [0, 0.1) is 0 Å². The monoisotopic (exact) mass is 698 g/mol. The molecular formula is C29H31Cl2F3N8O3S. The van der Waals surface area contributed by atoms with Crippen LogP contribution in [-0.4, -0.2) is 56.9 Å². The Morgan fingerprint density at radius 3 is 1.85 bits per heavy atom. The third-order valence-electron chi connectivity index (χ3n) is 6.55. The zero-order chi connectivity index (χ0) is 33.5. The molecule has 0 aromatic carbocycles. The van der Waals surface area contributed by atoms with Crippen molar-refractivity contribution >= 4 is 39.1 Å². The van der Waals surface area contributed by atoms with Gasteiger partial charge in [-0.3, -0.25) is 9.97 Å². The zero-order valence-corrected chi connectivity index (χ0v) is 27.2. The van der Waals surface area contributed by atoms with Gasteiger partial charge in [0.1, 0.15) is 17.2 Å². The Kier molecular flexibility index (Phi) is 11.7. The highest BCUT2D eigenvalue weighted by atomic mass is 35.5. The van der Waals surface area contributed by atoms with Crippen LogP contribution in [0.25, 0.3) is 23.0 Å². The molecule has 0 fully saturated rings. The van der Waals surface area contributed by atoms with Crippen molar-refractivity contribution in [2.24, 2.45) is 5.73 Å². The van der Waals surface area contributed by atoms with E-state index in [1.54, 1.807) is 18.3 Å². The summed E-state index contributed by atoms with van der Waals surface area (Å²) in [5.74, 6) is 0.929. The van der Waals surface area contributed by atoms with Crippen LogP contribution < -0.4 is 15.2 Å². The number of hydrogen-bond acceptors (Lipinski definition) is 11. The Morgan fingerprint density at radius 2 is 1.35 bits per heavy atom. The average Bonchev–Trinajstić information content (AvgIpc) is 3.68. The van der Waals surface area contributed by atoms with E-state index in [4.69, 9.17) is 28.9 Å². The molecule has 0 radical (unpaired) electrons. The number of halogens is 5. The Morgan fingerprint density at radius 1 is 0.848 bits per heavy atom. The summed E-state index contributed by atoms with van der Waals surface area (Å²) in [7, 11) is -5.82. The molecule has 0 saturated carbocycles. The largest absolute Gasteiger partial charge is 0.534 e. The molecule has 0 unspecified atom stereocenters. The molecule has 11 nitrogen and oxygen atoms in total. The van der Waals surface area contributed by atoms with Gasteiger partial charge in [0.25, 0.3) is 0 Å². The lowest BCUT2D eigenvalue weighted by atomic mass is 10.2. The number of nitrogens with zero attached hydrogens (tertiary/aromatic N) is 6. The number of anilines is 1. The Hall–Kier alpha value is -3.66. The van der Waals surface area contributed by atoms with E-state index in [2.05, 4.69) is 46.3 Å². The van der Waals surface area contributed by atoms with Crippen LogP contribution in [0.4, 0.5) is 19.0 Å². The maximum absolute atomic E-state index is 12.6. The van der Waals surface area contributed by atoms with Crippen molar-refractivity contribution < 1.29 is 25.8 Å². The van der Waals surface area contributed by atoms with Crippen LogP contribution >= 0.6 is 23.2 Å². The molecule has 2 aliphatic carbocycles. The fraction of sp³-hybridized carbons (Fsp3) is 0.379. The average molecular weight is 700 g/mol. The minimum absolute atomic E-state index is 0.0504. The van der Waals surface area contributed by atoms with Crippen LogP contribution in [0.2, 0.25) is 10.0 Å². The molecule has 0 amide bonds. The molecule has 0 aliphatic heterocycles. The summed E-state index contributed by atoms with van der Waals surface area (Å²) >= 11 is 11.8. The summed E-state index contributed by atoms with van der Waals surface area (Å²) < 4.78 is 64.5. The quantitative estimate of drug-likeness (QED) is 0.180. The molecule has 0 spiro atoms. The number of nitrogens with one attached hydrogen (secondary N) is 1. The highest BCUT2D eigenvalue weighted by molar-refractivity contribution is 7.88. The highest BCUT2D eigenvalue weighted by Gasteiger charge is 2.49. The number of rotatable bonds is 6. The van der Waals surface area contributed by atoms with Gasteiger partial charge in [-0.05, 0) is 76.3 Å². The van der Waals surface area contributed by atoms with E-state index in [0.29, 0.717) is 40.8 Å². The fourth-order valence-corrected chi connectivity index (χ4v) is 5.41. The summed E-state index contributed by atoms with van der Waals surface area (Å²) in [5.41, 5.74) is 3.32. The number of hydrogen-bond donors (Lipinski definition) is 2. The van der Waals surface area contributed by atoms with Crippen molar-refractivity contribution in [1.29, 1.82) is 0 Å². The van der Waals surface area contributed by atoms with E-state index in [0.717, 1.165) is 49.6 Å². The van der Waals surface area contributed by atoms with Crippen molar-refractivity contribution in [1.82, 2.24) is 29.9 Å². The first-order valence-electron chi connectivity index (χ1n) is 14.3. The lowest BCUT2D eigenvalue weighted by Crippen LogP contribution is -2.29. The topological polar surface area (TPSA) is 159 Å². The number of alkyl halides is 3. The third kappa shape index (κ3) is 8.57. The number of aromatic nitrogens is 6. The van der Waals surface area contributed by atoms with Gasteiger partial charge in [0, 0.05) is 45.8 Å². The van der Waals surface area contributed by atoms with Crippen molar-refractivity contribution in [2.75, 3.05) is 18.4 Å². The molecule has 46 heavy (non-hydrogen) atoms. The highest BCUT2D eigenvalue weighted by Crippen LogP contribution is 2.34. The minimum atomic E-state index is -5.82. The first kappa shape index (κ1) is 35.2. The fourth-order valence-electron chi connectivity index (χ4n) is 4.65. The van der Waals surface area contributed by atoms with Gasteiger partial charge < -0.3 is 15.2 Å². The molecule has 4 aromatic rings. The predicted octanol–water partition coefficient (Wildman–Crippen LogP) is 5.99. The lowest BCUT2D eigenvalue weighted by Gasteiger charge is -2.12. The summed E-state index contributed by atoms with van der Waals surface area (Å²) in [6, 6.07) is 6.47. The zero-order valence-electron chi connectivity index (χ0n) is 24.9. The molecule has 17 heteroatoms. The molecule has 4 aromatic heterocycles. The van der Waals surface area contributed by atoms with Crippen LogP contribution in [0.3, 0.4) is 0 Å². The molecule has 6 rings (SSSR count). The second-order valence-electron chi connectivity index (χ2n) is 9.95. The molecule has 246 valence electrons. The Balaban J connectivity index is 0.000000197. The first-order chi connectivity index (χ1) is 21.9. The number of fused-ring (bicyclic) bond motifs is 2. The van der Waals surface area contributed by atoms with Gasteiger partial charge in [-0.15, -0.1) is 0 Å². The van der Waals surface area contributed by atoms with E-state index in [9.17, 15) is 21.6 Å². The van der Waals surface area contributed by atoms with Gasteiger partial charge in [-0.1, -0.05) is 30.1 Å². The molecule has 3 N–H and O–H groups in total. The standard InChI is InChI=1S/C14H15ClN4.C13H9ClF3N3O3S.C2H7N/c1-2-16-13-10-4-3-5-11(10)18-14(19-13)12-8-9(15)6-7-17-12;14-7-4-5-18-10(6-7)11-19-9-3-1-2-8(9)12(20-11)23-24(21,22)13(15,16)17;1-2-3/h6-8H,2-5H2,1H3,(H,16,18,19);4-6H,1-3H2;2-3H2,1H3. The molecule has 0 saturated heterocycles. The predicted molar refractivity (Wildman–Crippen MR) is 169 cm³/mol. The van der Waals surface area contributed by atoms with Gasteiger partial charge in [0.2, 0.25) is 5.88 Å². The molecule has 0 bridgehead atoms. The van der Waals surface area contributed by atoms with Gasteiger partial charge in [0.15, 0.2) is 11.6 Å². The van der Waals surface area contributed by atoms with Gasteiger partial charge >= 0.3 is 15.6 Å².